The lowest BCUT2D eigenvalue weighted by molar-refractivity contribution is -0.138. The third-order valence-corrected chi connectivity index (χ3v) is 4.23. The first-order valence-corrected chi connectivity index (χ1v) is 7.37. The zero-order valence-electron chi connectivity index (χ0n) is 12.3. The molecule has 7 heteroatoms. The molecule has 2 rings (SSSR count). The van der Waals surface area contributed by atoms with Gasteiger partial charge in [-0.1, -0.05) is 29.8 Å². The molecule has 0 aromatic heterocycles. The van der Waals surface area contributed by atoms with Crippen molar-refractivity contribution in [1.29, 1.82) is 0 Å². The van der Waals surface area contributed by atoms with E-state index in [1.165, 1.54) is 0 Å². The number of carboxylic acid groups (broad SMARTS) is 1. The van der Waals surface area contributed by atoms with Gasteiger partial charge in [0.2, 0.25) is 5.91 Å². The van der Waals surface area contributed by atoms with Crippen molar-refractivity contribution < 1.29 is 19.8 Å². The third-order valence-electron chi connectivity index (χ3n) is 3.86. The molecule has 2 N–H and O–H groups in total. The minimum atomic E-state index is -0.962. The van der Waals surface area contributed by atoms with E-state index < -0.39 is 12.1 Å². The highest BCUT2D eigenvalue weighted by atomic mass is 35.5. The van der Waals surface area contributed by atoms with Crippen molar-refractivity contribution in [3.8, 4) is 0 Å². The van der Waals surface area contributed by atoms with E-state index in [4.69, 9.17) is 16.7 Å². The number of likely N-dealkylation sites (N-methyl/N-ethyl adjacent to an activating group) is 1. The smallest absolute Gasteiger partial charge is 0.317 e. The number of likely N-dealkylation sites (tertiary alicyclic amines) is 1. The van der Waals surface area contributed by atoms with Crippen LogP contribution in [-0.4, -0.2) is 70.7 Å². The summed E-state index contributed by atoms with van der Waals surface area (Å²) in [6.45, 7) is 0.348. The molecule has 1 aromatic carbocycles. The number of aliphatic hydroxyl groups excluding tert-OH is 1. The summed E-state index contributed by atoms with van der Waals surface area (Å²) >= 11 is 6.05. The fourth-order valence-electron chi connectivity index (χ4n) is 2.65. The number of benzene rings is 1. The number of halogens is 1. The summed E-state index contributed by atoms with van der Waals surface area (Å²) in [7, 11) is 1.63. The summed E-state index contributed by atoms with van der Waals surface area (Å²) in [5, 5.41) is 19.4. The summed E-state index contributed by atoms with van der Waals surface area (Å²) in [4.78, 5) is 26.2. The molecule has 0 radical (unpaired) electrons. The second kappa shape index (κ2) is 7.09. The van der Waals surface area contributed by atoms with Crippen molar-refractivity contribution in [3.05, 3.63) is 34.9 Å². The first-order chi connectivity index (χ1) is 10.4. The lowest BCUT2D eigenvalue weighted by Crippen LogP contribution is -2.43. The monoisotopic (exact) mass is 326 g/mol. The molecule has 1 aliphatic rings. The number of carbonyl (C=O) groups is 2. The second-order valence-corrected chi connectivity index (χ2v) is 5.92. The third kappa shape index (κ3) is 3.97. The molecule has 120 valence electrons. The van der Waals surface area contributed by atoms with Crippen LogP contribution in [0.3, 0.4) is 0 Å². The van der Waals surface area contributed by atoms with E-state index in [-0.39, 0.29) is 31.5 Å². The van der Waals surface area contributed by atoms with Gasteiger partial charge in [-0.3, -0.25) is 14.5 Å². The van der Waals surface area contributed by atoms with E-state index in [1.807, 2.05) is 6.07 Å². The van der Waals surface area contributed by atoms with Crippen LogP contribution in [0.15, 0.2) is 24.3 Å². The highest BCUT2D eigenvalue weighted by Gasteiger charge is 2.36. The predicted molar refractivity (Wildman–Crippen MR) is 81.8 cm³/mol. The van der Waals surface area contributed by atoms with E-state index in [9.17, 15) is 14.7 Å². The van der Waals surface area contributed by atoms with Crippen LogP contribution in [0.2, 0.25) is 5.02 Å². The van der Waals surface area contributed by atoms with E-state index in [1.54, 1.807) is 35.0 Å². The average molecular weight is 327 g/mol. The molecule has 2 atom stereocenters. The van der Waals surface area contributed by atoms with Crippen molar-refractivity contribution in [3.63, 3.8) is 0 Å². The Bertz CT molecular complexity index is 566. The number of hydrogen-bond acceptors (Lipinski definition) is 4. The SMILES string of the molecule is CN(CC(=O)O)[C@H]1CN(C(=O)Cc2ccccc2Cl)C[C@H]1O. The predicted octanol–water partition coefficient (Wildman–Crippen LogP) is 0.471. The lowest BCUT2D eigenvalue weighted by Gasteiger charge is -2.24. The van der Waals surface area contributed by atoms with Crippen LogP contribution in [0.4, 0.5) is 0 Å². The molecule has 1 aromatic rings. The molecule has 1 fully saturated rings. The van der Waals surface area contributed by atoms with E-state index >= 15 is 0 Å². The van der Waals surface area contributed by atoms with Crippen LogP contribution < -0.4 is 0 Å². The minimum absolute atomic E-state index is 0.127. The number of rotatable bonds is 5. The number of carboxylic acids is 1. The Hall–Kier alpha value is -1.63. The minimum Gasteiger partial charge on any atom is -0.480 e. The van der Waals surface area contributed by atoms with Gasteiger partial charge in [-0.2, -0.15) is 0 Å². The first kappa shape index (κ1) is 16.7. The van der Waals surface area contributed by atoms with Crippen molar-refractivity contribution >= 4 is 23.5 Å². The normalized spacial score (nSPS) is 21.4. The Balaban J connectivity index is 1.98. The molecule has 0 bridgehead atoms. The van der Waals surface area contributed by atoms with Crippen LogP contribution in [-0.2, 0) is 16.0 Å². The van der Waals surface area contributed by atoms with Crippen LogP contribution in [0.5, 0.6) is 0 Å². The Morgan fingerprint density at radius 1 is 1.36 bits per heavy atom. The highest BCUT2D eigenvalue weighted by molar-refractivity contribution is 6.31. The fraction of sp³-hybridized carbons (Fsp3) is 0.467. The maximum absolute atomic E-state index is 12.3. The molecule has 1 saturated heterocycles. The Labute approximate surface area is 133 Å². The number of aliphatic hydroxyl groups is 1. The number of amides is 1. The van der Waals surface area contributed by atoms with Crippen LogP contribution in [0.25, 0.3) is 0 Å². The molecule has 0 unspecified atom stereocenters. The molecular weight excluding hydrogens is 308 g/mol. The van der Waals surface area contributed by atoms with Crippen molar-refractivity contribution in [2.45, 2.75) is 18.6 Å². The molecule has 0 spiro atoms. The van der Waals surface area contributed by atoms with Gasteiger partial charge >= 0.3 is 5.97 Å². The van der Waals surface area contributed by atoms with Gasteiger partial charge in [0.25, 0.3) is 0 Å². The average Bonchev–Trinajstić information content (AvgIpc) is 2.83. The largest absolute Gasteiger partial charge is 0.480 e. The zero-order chi connectivity index (χ0) is 16.3. The van der Waals surface area contributed by atoms with Crippen LogP contribution >= 0.6 is 11.6 Å². The van der Waals surface area contributed by atoms with E-state index in [0.717, 1.165) is 5.56 Å². The van der Waals surface area contributed by atoms with Gasteiger partial charge in [0, 0.05) is 18.1 Å². The molecule has 6 nitrogen and oxygen atoms in total. The molecule has 1 aliphatic heterocycles. The number of hydrogen-bond donors (Lipinski definition) is 2. The van der Waals surface area contributed by atoms with Crippen LogP contribution in [0, 0.1) is 0 Å². The highest BCUT2D eigenvalue weighted by Crippen LogP contribution is 2.20. The molecular formula is C15H19ClN2O4. The van der Waals surface area contributed by atoms with Gasteiger partial charge in [0.1, 0.15) is 0 Å². The molecule has 0 aliphatic carbocycles. The Morgan fingerprint density at radius 3 is 2.68 bits per heavy atom. The second-order valence-electron chi connectivity index (χ2n) is 5.51. The number of aliphatic carboxylic acids is 1. The molecule has 1 heterocycles. The summed E-state index contributed by atoms with van der Waals surface area (Å²) in [6, 6.07) is 6.77. The number of carbonyl (C=O) groups excluding carboxylic acids is 1. The van der Waals surface area contributed by atoms with Gasteiger partial charge in [-0.05, 0) is 18.7 Å². The topological polar surface area (TPSA) is 81.1 Å². The Kier molecular flexibility index (Phi) is 5.39. The van der Waals surface area contributed by atoms with E-state index in [0.29, 0.717) is 11.6 Å². The van der Waals surface area contributed by atoms with Gasteiger partial charge in [0.15, 0.2) is 0 Å². The maximum atomic E-state index is 12.3. The van der Waals surface area contributed by atoms with E-state index in [2.05, 4.69) is 0 Å². The summed E-state index contributed by atoms with van der Waals surface area (Å²) in [5.74, 6) is -1.09. The van der Waals surface area contributed by atoms with Crippen molar-refractivity contribution in [1.82, 2.24) is 9.80 Å². The molecule has 1 amide bonds. The van der Waals surface area contributed by atoms with Crippen LogP contribution in [0.1, 0.15) is 5.56 Å². The fourth-order valence-corrected chi connectivity index (χ4v) is 2.86. The van der Waals surface area contributed by atoms with Gasteiger partial charge in [-0.15, -0.1) is 0 Å². The Morgan fingerprint density at radius 2 is 2.05 bits per heavy atom. The molecule has 0 saturated carbocycles. The zero-order valence-corrected chi connectivity index (χ0v) is 13.0. The quantitative estimate of drug-likeness (QED) is 0.822. The summed E-state index contributed by atoms with van der Waals surface area (Å²) in [6.07, 6.45) is -0.582. The number of β-amino-alcohol motifs (C(OH)–C–C–N with tert-alkyl or cyclic N) is 1. The lowest BCUT2D eigenvalue weighted by atomic mass is 10.1. The summed E-state index contributed by atoms with van der Waals surface area (Å²) < 4.78 is 0. The van der Waals surface area contributed by atoms with Gasteiger partial charge in [0.05, 0.1) is 25.1 Å². The maximum Gasteiger partial charge on any atom is 0.317 e. The summed E-state index contributed by atoms with van der Waals surface area (Å²) in [5.41, 5.74) is 0.742. The van der Waals surface area contributed by atoms with Gasteiger partial charge in [-0.25, -0.2) is 0 Å². The number of nitrogens with zero attached hydrogens (tertiary/aromatic N) is 2. The van der Waals surface area contributed by atoms with Gasteiger partial charge < -0.3 is 15.1 Å². The standard InChI is InChI=1S/C15H19ClN2O4/c1-17(9-15(21)22)12-7-18(8-13(12)19)14(20)6-10-4-2-3-5-11(10)16/h2-5,12-13,19H,6-9H2,1H3,(H,21,22)/t12-,13+/m0/s1. The van der Waals surface area contributed by atoms with Crippen molar-refractivity contribution in [2.75, 3.05) is 26.7 Å². The molecule has 22 heavy (non-hydrogen) atoms. The van der Waals surface area contributed by atoms with Crippen molar-refractivity contribution in [2.24, 2.45) is 0 Å². The first-order valence-electron chi connectivity index (χ1n) is 6.99.